The van der Waals surface area contributed by atoms with E-state index >= 15 is 0 Å². The van der Waals surface area contributed by atoms with Gasteiger partial charge in [0.05, 0.1) is 16.3 Å². The van der Waals surface area contributed by atoms with Crippen molar-refractivity contribution >= 4 is 40.3 Å². The van der Waals surface area contributed by atoms with Crippen molar-refractivity contribution in [1.29, 1.82) is 0 Å². The molecule has 1 aromatic carbocycles. The van der Waals surface area contributed by atoms with E-state index < -0.39 is 5.97 Å². The number of hydrogen-bond acceptors (Lipinski definition) is 4. The minimum absolute atomic E-state index is 0.114. The number of aromatic carboxylic acids is 1. The Bertz CT molecular complexity index is 599. The van der Waals surface area contributed by atoms with E-state index in [1.165, 1.54) is 6.07 Å². The molecule has 6 heteroatoms. The third-order valence-corrected chi connectivity index (χ3v) is 3.72. The van der Waals surface area contributed by atoms with Crippen molar-refractivity contribution in [2.75, 3.05) is 17.7 Å². The quantitative estimate of drug-likeness (QED) is 0.849. The predicted molar refractivity (Wildman–Crippen MR) is 79.2 cm³/mol. The highest BCUT2D eigenvalue weighted by atomic mass is 35.5. The number of anilines is 2. The maximum Gasteiger partial charge on any atom is 0.337 e. The summed E-state index contributed by atoms with van der Waals surface area (Å²) in [5.41, 5.74) is 7.68. The summed E-state index contributed by atoms with van der Waals surface area (Å²) >= 11 is 7.73. The topological polar surface area (TPSA) is 66.6 Å². The number of halogens is 1. The molecular formula is C13H13ClN2O2S. The van der Waals surface area contributed by atoms with E-state index in [-0.39, 0.29) is 5.56 Å². The number of hydrogen-bond donors (Lipinski definition) is 2. The zero-order valence-electron chi connectivity index (χ0n) is 10.3. The number of carboxylic acids is 1. The van der Waals surface area contributed by atoms with Crippen molar-refractivity contribution in [3.8, 4) is 0 Å². The number of nitrogens with two attached hydrogens (primary N) is 1. The van der Waals surface area contributed by atoms with Crippen LogP contribution in [0.4, 0.5) is 11.4 Å². The summed E-state index contributed by atoms with van der Waals surface area (Å²) in [6.07, 6.45) is 0. The summed E-state index contributed by atoms with van der Waals surface area (Å²) in [7, 11) is 1.81. The molecule has 0 radical (unpaired) electrons. The van der Waals surface area contributed by atoms with Crippen molar-refractivity contribution < 1.29 is 9.90 Å². The Balaban J connectivity index is 2.40. The molecular weight excluding hydrogens is 284 g/mol. The third kappa shape index (κ3) is 3.00. The second-order valence-corrected chi connectivity index (χ2v) is 5.38. The molecule has 2 aromatic rings. The fraction of sp³-hybridized carbons (Fsp3) is 0.154. The molecule has 0 saturated carbocycles. The van der Waals surface area contributed by atoms with Gasteiger partial charge >= 0.3 is 5.97 Å². The molecule has 100 valence electrons. The van der Waals surface area contributed by atoms with Crippen LogP contribution in [0.3, 0.4) is 0 Å². The van der Waals surface area contributed by atoms with Crippen molar-refractivity contribution in [3.05, 3.63) is 45.1 Å². The van der Waals surface area contributed by atoms with Crippen LogP contribution >= 0.6 is 22.9 Å². The van der Waals surface area contributed by atoms with Gasteiger partial charge in [-0.2, -0.15) is 11.3 Å². The van der Waals surface area contributed by atoms with E-state index in [0.717, 1.165) is 5.56 Å². The Kier molecular flexibility index (Phi) is 3.97. The summed E-state index contributed by atoms with van der Waals surface area (Å²) in [5, 5.41) is 13.6. The SMILES string of the molecule is CN(Cc1ccsc1)c1c(Cl)cc(N)cc1C(=O)O. The van der Waals surface area contributed by atoms with E-state index in [1.807, 2.05) is 28.8 Å². The van der Waals surface area contributed by atoms with E-state index in [4.69, 9.17) is 17.3 Å². The van der Waals surface area contributed by atoms with Gasteiger partial charge in [-0.1, -0.05) is 11.6 Å². The van der Waals surface area contributed by atoms with Crippen molar-refractivity contribution in [3.63, 3.8) is 0 Å². The van der Waals surface area contributed by atoms with Gasteiger partial charge in [0, 0.05) is 19.3 Å². The Hall–Kier alpha value is -1.72. The van der Waals surface area contributed by atoms with Crippen LogP contribution in [-0.4, -0.2) is 18.1 Å². The molecule has 0 bridgehead atoms. The second-order valence-electron chi connectivity index (χ2n) is 4.19. The molecule has 0 fully saturated rings. The number of nitrogen functional groups attached to an aromatic ring is 1. The molecule has 19 heavy (non-hydrogen) atoms. The van der Waals surface area contributed by atoms with Gasteiger partial charge in [-0.05, 0) is 34.5 Å². The maximum atomic E-state index is 11.3. The highest BCUT2D eigenvalue weighted by molar-refractivity contribution is 7.07. The van der Waals surface area contributed by atoms with Gasteiger partial charge in [-0.3, -0.25) is 0 Å². The Morgan fingerprint density at radius 2 is 2.26 bits per heavy atom. The minimum atomic E-state index is -1.04. The predicted octanol–water partition coefficient (Wildman–Crippen LogP) is 3.32. The maximum absolute atomic E-state index is 11.3. The van der Waals surface area contributed by atoms with Crippen LogP contribution < -0.4 is 10.6 Å². The molecule has 3 N–H and O–H groups in total. The lowest BCUT2D eigenvalue weighted by molar-refractivity contribution is 0.0697. The first-order valence-electron chi connectivity index (χ1n) is 5.53. The van der Waals surface area contributed by atoms with Crippen LogP contribution in [0.5, 0.6) is 0 Å². The van der Waals surface area contributed by atoms with Gasteiger partial charge < -0.3 is 15.7 Å². The first kappa shape index (κ1) is 13.7. The van der Waals surface area contributed by atoms with E-state index in [1.54, 1.807) is 17.4 Å². The lowest BCUT2D eigenvalue weighted by Crippen LogP contribution is -2.20. The largest absolute Gasteiger partial charge is 0.478 e. The number of carbonyl (C=O) groups is 1. The molecule has 0 saturated heterocycles. The molecule has 4 nitrogen and oxygen atoms in total. The highest BCUT2D eigenvalue weighted by Gasteiger charge is 2.18. The van der Waals surface area contributed by atoms with Gasteiger partial charge in [0.15, 0.2) is 0 Å². The minimum Gasteiger partial charge on any atom is -0.478 e. The van der Waals surface area contributed by atoms with E-state index in [9.17, 15) is 9.90 Å². The van der Waals surface area contributed by atoms with Gasteiger partial charge in [0.2, 0.25) is 0 Å². The van der Waals surface area contributed by atoms with Gasteiger partial charge in [-0.25, -0.2) is 4.79 Å². The lowest BCUT2D eigenvalue weighted by atomic mass is 10.1. The van der Waals surface area contributed by atoms with Gasteiger partial charge in [-0.15, -0.1) is 0 Å². The average Bonchev–Trinajstić information content (AvgIpc) is 2.80. The van der Waals surface area contributed by atoms with Crippen LogP contribution in [0.15, 0.2) is 29.0 Å². The first-order chi connectivity index (χ1) is 8.99. The van der Waals surface area contributed by atoms with Gasteiger partial charge in [0.25, 0.3) is 0 Å². The van der Waals surface area contributed by atoms with Crippen molar-refractivity contribution in [2.45, 2.75) is 6.54 Å². The van der Waals surface area contributed by atoms with Crippen LogP contribution in [0.1, 0.15) is 15.9 Å². The van der Waals surface area contributed by atoms with Crippen LogP contribution in [0, 0.1) is 0 Å². The average molecular weight is 297 g/mol. The second kappa shape index (κ2) is 5.50. The summed E-state index contributed by atoms with van der Waals surface area (Å²) in [6, 6.07) is 4.98. The molecule has 2 rings (SSSR count). The molecule has 0 amide bonds. The lowest BCUT2D eigenvalue weighted by Gasteiger charge is -2.22. The fourth-order valence-corrected chi connectivity index (χ4v) is 2.94. The summed E-state index contributed by atoms with van der Waals surface area (Å²) < 4.78 is 0. The van der Waals surface area contributed by atoms with Crippen molar-refractivity contribution in [2.24, 2.45) is 0 Å². The number of thiophene rings is 1. The van der Waals surface area contributed by atoms with Crippen LogP contribution in [-0.2, 0) is 6.54 Å². The number of nitrogens with zero attached hydrogens (tertiary/aromatic N) is 1. The Morgan fingerprint density at radius 3 is 2.84 bits per heavy atom. The zero-order valence-corrected chi connectivity index (χ0v) is 11.8. The molecule has 0 spiro atoms. The number of carboxylic acid groups (broad SMARTS) is 1. The Labute approximate surface area is 120 Å². The third-order valence-electron chi connectivity index (χ3n) is 2.70. The summed E-state index contributed by atoms with van der Waals surface area (Å²) in [4.78, 5) is 13.1. The van der Waals surface area contributed by atoms with Crippen LogP contribution in [0.2, 0.25) is 5.02 Å². The molecule has 0 unspecified atom stereocenters. The number of rotatable bonds is 4. The highest BCUT2D eigenvalue weighted by Crippen LogP contribution is 2.33. The fourth-order valence-electron chi connectivity index (χ4n) is 1.91. The summed E-state index contributed by atoms with van der Waals surface area (Å²) in [5.74, 6) is -1.04. The van der Waals surface area contributed by atoms with E-state index in [0.29, 0.717) is 22.9 Å². The molecule has 1 aromatic heterocycles. The normalized spacial score (nSPS) is 10.4. The molecule has 0 aliphatic carbocycles. The molecule has 0 atom stereocenters. The Morgan fingerprint density at radius 1 is 1.53 bits per heavy atom. The van der Waals surface area contributed by atoms with Crippen LogP contribution in [0.25, 0.3) is 0 Å². The number of benzene rings is 1. The zero-order chi connectivity index (χ0) is 14.0. The summed E-state index contributed by atoms with van der Waals surface area (Å²) in [6.45, 7) is 0.591. The monoisotopic (exact) mass is 296 g/mol. The van der Waals surface area contributed by atoms with Gasteiger partial charge in [0.1, 0.15) is 0 Å². The smallest absolute Gasteiger partial charge is 0.337 e. The molecule has 0 aliphatic heterocycles. The molecule has 1 heterocycles. The first-order valence-corrected chi connectivity index (χ1v) is 6.85. The van der Waals surface area contributed by atoms with Crippen molar-refractivity contribution in [1.82, 2.24) is 0 Å². The van der Waals surface area contributed by atoms with E-state index in [2.05, 4.69) is 0 Å². The molecule has 0 aliphatic rings. The standard InChI is InChI=1S/C13H13ClN2O2S/c1-16(6-8-2-3-19-7-8)12-10(13(17)18)4-9(15)5-11(12)14/h2-5,7H,6,15H2,1H3,(H,17,18).